The molecule has 0 spiro atoms. The zero-order valence-electron chi connectivity index (χ0n) is 12.9. The summed E-state index contributed by atoms with van der Waals surface area (Å²) in [4.78, 5) is 36.3. The third-order valence-electron chi connectivity index (χ3n) is 4.31. The van der Waals surface area contributed by atoms with Crippen molar-refractivity contribution in [1.82, 2.24) is 4.90 Å². The lowest BCUT2D eigenvalue weighted by molar-refractivity contribution is -0.152. The van der Waals surface area contributed by atoms with Crippen LogP contribution in [0.2, 0.25) is 0 Å². The SMILES string of the molecule is COC(=O)CN(CC(=O)OC)C(=O)CCC12C=CC=CC1C2. The number of ether oxygens (including phenoxy) is 2. The second kappa shape index (κ2) is 6.77. The molecule has 0 aliphatic heterocycles. The monoisotopic (exact) mass is 307 g/mol. The van der Waals surface area contributed by atoms with E-state index in [1.807, 2.05) is 12.2 Å². The van der Waals surface area contributed by atoms with E-state index < -0.39 is 11.9 Å². The smallest absolute Gasteiger partial charge is 0.325 e. The fourth-order valence-electron chi connectivity index (χ4n) is 2.79. The van der Waals surface area contributed by atoms with Crippen molar-refractivity contribution < 1.29 is 23.9 Å². The molecule has 120 valence electrons. The lowest BCUT2D eigenvalue weighted by Gasteiger charge is -2.21. The first kappa shape index (κ1) is 16.3. The molecule has 0 aromatic carbocycles. The molecule has 22 heavy (non-hydrogen) atoms. The first-order valence-corrected chi connectivity index (χ1v) is 7.28. The van der Waals surface area contributed by atoms with E-state index in [0.717, 1.165) is 12.8 Å². The molecule has 0 radical (unpaired) electrons. The van der Waals surface area contributed by atoms with Gasteiger partial charge in [-0.2, -0.15) is 0 Å². The quantitative estimate of drug-likeness (QED) is 0.658. The molecular weight excluding hydrogens is 286 g/mol. The molecule has 0 bridgehead atoms. The van der Waals surface area contributed by atoms with E-state index in [1.54, 1.807) is 0 Å². The summed E-state index contributed by atoms with van der Waals surface area (Å²) in [5.41, 5.74) is 0.0899. The topological polar surface area (TPSA) is 72.9 Å². The Morgan fingerprint density at radius 3 is 2.32 bits per heavy atom. The highest BCUT2D eigenvalue weighted by molar-refractivity contribution is 5.86. The van der Waals surface area contributed by atoms with Gasteiger partial charge in [0.1, 0.15) is 13.1 Å². The van der Waals surface area contributed by atoms with Crippen LogP contribution < -0.4 is 0 Å². The zero-order chi connectivity index (χ0) is 16.2. The summed E-state index contributed by atoms with van der Waals surface area (Å²) >= 11 is 0. The van der Waals surface area contributed by atoms with Crippen molar-refractivity contribution in [2.24, 2.45) is 11.3 Å². The molecule has 2 unspecified atom stereocenters. The molecule has 0 N–H and O–H groups in total. The van der Waals surface area contributed by atoms with Crippen LogP contribution in [0.5, 0.6) is 0 Å². The lowest BCUT2D eigenvalue weighted by Crippen LogP contribution is -2.40. The first-order chi connectivity index (χ1) is 10.5. The molecule has 2 atom stereocenters. The molecule has 1 saturated carbocycles. The van der Waals surface area contributed by atoms with Crippen LogP contribution in [-0.4, -0.2) is 50.1 Å². The Balaban J connectivity index is 1.90. The highest BCUT2D eigenvalue weighted by Crippen LogP contribution is 2.59. The minimum Gasteiger partial charge on any atom is -0.468 e. The Morgan fingerprint density at radius 2 is 1.77 bits per heavy atom. The van der Waals surface area contributed by atoms with Crippen molar-refractivity contribution in [3.05, 3.63) is 24.3 Å². The van der Waals surface area contributed by atoms with Gasteiger partial charge in [0.25, 0.3) is 0 Å². The molecule has 2 aliphatic carbocycles. The molecule has 1 fully saturated rings. The lowest BCUT2D eigenvalue weighted by atomic mass is 9.93. The molecule has 0 saturated heterocycles. The molecule has 0 aromatic rings. The Morgan fingerprint density at radius 1 is 1.14 bits per heavy atom. The summed E-state index contributed by atoms with van der Waals surface area (Å²) in [6.45, 7) is -0.479. The number of rotatable bonds is 7. The largest absolute Gasteiger partial charge is 0.468 e. The van der Waals surface area contributed by atoms with Gasteiger partial charge in [-0.05, 0) is 24.2 Å². The number of allylic oxidation sites excluding steroid dienone is 4. The van der Waals surface area contributed by atoms with E-state index in [9.17, 15) is 14.4 Å². The van der Waals surface area contributed by atoms with E-state index in [4.69, 9.17) is 0 Å². The maximum Gasteiger partial charge on any atom is 0.325 e. The molecule has 2 rings (SSSR count). The van der Waals surface area contributed by atoms with Crippen LogP contribution in [0.25, 0.3) is 0 Å². The molecule has 1 amide bonds. The Hall–Kier alpha value is -2.11. The number of carbonyl (C=O) groups is 3. The van der Waals surface area contributed by atoms with E-state index in [0.29, 0.717) is 12.3 Å². The Bertz CT molecular complexity index is 507. The minimum atomic E-state index is -0.555. The summed E-state index contributed by atoms with van der Waals surface area (Å²) in [7, 11) is 2.49. The number of amides is 1. The van der Waals surface area contributed by atoms with Gasteiger partial charge >= 0.3 is 11.9 Å². The second-order valence-corrected chi connectivity index (χ2v) is 5.69. The summed E-state index contributed by atoms with van der Waals surface area (Å²) in [5, 5.41) is 0. The molecule has 2 aliphatic rings. The Labute approximate surface area is 129 Å². The number of fused-ring (bicyclic) bond motifs is 1. The van der Waals surface area contributed by atoms with Gasteiger partial charge in [-0.25, -0.2) is 0 Å². The van der Waals surface area contributed by atoms with E-state index >= 15 is 0 Å². The third-order valence-corrected chi connectivity index (χ3v) is 4.31. The van der Waals surface area contributed by atoms with E-state index in [1.165, 1.54) is 19.1 Å². The highest BCUT2D eigenvalue weighted by atomic mass is 16.5. The summed E-state index contributed by atoms with van der Waals surface area (Å²) in [6.07, 6.45) is 10.4. The van der Waals surface area contributed by atoms with Gasteiger partial charge in [0, 0.05) is 6.42 Å². The fraction of sp³-hybridized carbons (Fsp3) is 0.562. The molecule has 6 heteroatoms. The average Bonchev–Trinajstić information content (AvgIpc) is 3.26. The Kier molecular flexibility index (Phi) is 5.00. The van der Waals surface area contributed by atoms with Crippen LogP contribution >= 0.6 is 0 Å². The minimum absolute atomic E-state index is 0.0899. The van der Waals surface area contributed by atoms with Gasteiger partial charge in [0.15, 0.2) is 0 Å². The second-order valence-electron chi connectivity index (χ2n) is 5.69. The van der Waals surface area contributed by atoms with Crippen molar-refractivity contribution >= 4 is 17.8 Å². The van der Waals surface area contributed by atoms with Crippen LogP contribution in [0.1, 0.15) is 19.3 Å². The van der Waals surface area contributed by atoms with Gasteiger partial charge in [-0.1, -0.05) is 24.3 Å². The average molecular weight is 307 g/mol. The summed E-state index contributed by atoms with van der Waals surface area (Å²) in [5.74, 6) is -0.834. The number of esters is 2. The highest BCUT2D eigenvalue weighted by Gasteiger charge is 2.50. The van der Waals surface area contributed by atoms with Crippen molar-refractivity contribution in [3.8, 4) is 0 Å². The van der Waals surface area contributed by atoms with E-state index in [-0.39, 0.29) is 24.4 Å². The van der Waals surface area contributed by atoms with E-state index in [2.05, 4.69) is 21.6 Å². The van der Waals surface area contributed by atoms with Gasteiger partial charge in [0.05, 0.1) is 14.2 Å². The molecule has 0 aromatic heterocycles. The summed E-state index contributed by atoms with van der Waals surface area (Å²) < 4.78 is 9.13. The van der Waals surface area contributed by atoms with Crippen LogP contribution in [-0.2, 0) is 23.9 Å². The first-order valence-electron chi connectivity index (χ1n) is 7.28. The maximum atomic E-state index is 12.3. The van der Waals surface area contributed by atoms with Crippen molar-refractivity contribution in [3.63, 3.8) is 0 Å². The molecule has 6 nitrogen and oxygen atoms in total. The predicted molar refractivity (Wildman–Crippen MR) is 78.7 cm³/mol. The van der Waals surface area contributed by atoms with Crippen LogP contribution in [0, 0.1) is 11.3 Å². The van der Waals surface area contributed by atoms with Gasteiger partial charge < -0.3 is 14.4 Å². The van der Waals surface area contributed by atoms with Gasteiger partial charge in [0.2, 0.25) is 5.91 Å². The summed E-state index contributed by atoms with van der Waals surface area (Å²) in [6, 6.07) is 0. The molecule has 0 heterocycles. The third kappa shape index (κ3) is 3.75. The number of methoxy groups -OCH3 is 2. The number of carbonyl (C=O) groups excluding carboxylic acids is 3. The standard InChI is InChI=1S/C16H21NO5/c1-21-14(19)10-17(11-15(20)22-2)13(18)6-8-16-7-4-3-5-12(16)9-16/h3-5,7,12H,6,8-11H2,1-2H3. The van der Waals surface area contributed by atoms with Gasteiger partial charge in [-0.15, -0.1) is 0 Å². The number of nitrogens with zero attached hydrogens (tertiary/aromatic N) is 1. The van der Waals surface area contributed by atoms with Gasteiger partial charge in [-0.3, -0.25) is 14.4 Å². The maximum absolute atomic E-state index is 12.3. The van der Waals surface area contributed by atoms with Crippen molar-refractivity contribution in [2.75, 3.05) is 27.3 Å². The van der Waals surface area contributed by atoms with Crippen molar-refractivity contribution in [1.29, 1.82) is 0 Å². The zero-order valence-corrected chi connectivity index (χ0v) is 12.9. The normalized spacial score (nSPS) is 24.4. The predicted octanol–water partition coefficient (Wildman–Crippen LogP) is 1.07. The molecular formula is C16H21NO5. The van der Waals surface area contributed by atoms with Crippen molar-refractivity contribution in [2.45, 2.75) is 19.3 Å². The number of hydrogen-bond acceptors (Lipinski definition) is 5. The van der Waals surface area contributed by atoms with Crippen LogP contribution in [0.4, 0.5) is 0 Å². The fourth-order valence-corrected chi connectivity index (χ4v) is 2.79. The number of hydrogen-bond donors (Lipinski definition) is 0. The van der Waals surface area contributed by atoms with Crippen LogP contribution in [0.3, 0.4) is 0 Å². The van der Waals surface area contributed by atoms with Crippen LogP contribution in [0.15, 0.2) is 24.3 Å².